The van der Waals surface area contributed by atoms with Crippen LogP contribution in [0.15, 0.2) is 78.9 Å². The molecule has 9 rings (SSSR count). The fourth-order valence-electron chi connectivity index (χ4n) is 12.0. The van der Waals surface area contributed by atoms with Crippen LogP contribution in [-0.2, 0) is 63.0 Å². The lowest BCUT2D eigenvalue weighted by atomic mass is 9.81. The van der Waals surface area contributed by atoms with Crippen molar-refractivity contribution in [1.82, 2.24) is 30.7 Å². The third-order valence-corrected chi connectivity index (χ3v) is 16.8. The lowest BCUT2D eigenvalue weighted by molar-refractivity contribution is -0.146. The zero-order valence-electron chi connectivity index (χ0n) is 45.8. The largest absolute Gasteiger partial charge is 0.381 e. The summed E-state index contributed by atoms with van der Waals surface area (Å²) in [6.07, 6.45) is 1.22. The summed E-state index contributed by atoms with van der Waals surface area (Å²) in [5.74, 6) is -5.92. The predicted octanol–water partition coefficient (Wildman–Crippen LogP) is 5.24. The Balaban J connectivity index is 0.934. The minimum absolute atomic E-state index is 0.0202. The molecule has 0 bridgehead atoms. The van der Waals surface area contributed by atoms with Crippen molar-refractivity contribution in [2.24, 2.45) is 11.8 Å². The predicted molar refractivity (Wildman–Crippen MR) is 292 cm³/mol. The van der Waals surface area contributed by atoms with Gasteiger partial charge in [-0.15, -0.1) is 0 Å². The molecule has 0 aromatic heterocycles. The quantitative estimate of drug-likeness (QED) is 0.0961. The number of carbonyl (C=O) groups excluding carboxylic acids is 6. The van der Waals surface area contributed by atoms with Gasteiger partial charge in [-0.25, -0.2) is 13.2 Å². The molecule has 4 amide bonds. The minimum Gasteiger partial charge on any atom is -0.381 e. The number of hydrogen-bond acceptors (Lipinski definition) is 12. The normalized spacial score (nSPS) is 23.4. The van der Waals surface area contributed by atoms with Gasteiger partial charge >= 0.3 is 0 Å². The van der Waals surface area contributed by atoms with E-state index >= 15 is 8.78 Å². The highest BCUT2D eigenvalue weighted by Crippen LogP contribution is 2.43. The number of nitrogens with zero attached hydrogens (tertiary/aromatic N) is 4. The molecule has 4 N–H and O–H groups in total. The standard InChI is InChI=1S/C60H73F3N8O8/c1-36-30-69(45(28-65-36)32-68-19-22-79-34-37(68)2)33-54(74)71-35-60(4,49-16-12-40(26-52(49)71)23-39-10-14-44(61)15-11-39)59(77)66-29-46(72)24-41-9-13-43-31-70(56(47(43)25-41)57(75)67-55-50(62)7-6-8-51(55)63)58(76)48(27-53(73)38(3)64-5)42-17-20-78-21-18-42/h6-16,25-26,36-38,42,45,48,56,64-65H,17-24,27-35H2,1-5H3,(H,66,77)(H,67,75)/t36-,37-,38+,45-,48+,56+,60+/m1/s1. The van der Waals surface area contributed by atoms with Crippen molar-refractivity contribution in [1.29, 1.82) is 0 Å². The summed E-state index contributed by atoms with van der Waals surface area (Å²) in [7, 11) is 1.66. The first-order valence-electron chi connectivity index (χ1n) is 27.6. The molecule has 4 aromatic carbocycles. The van der Waals surface area contributed by atoms with Crippen LogP contribution < -0.4 is 26.2 Å². The van der Waals surface area contributed by atoms with E-state index in [9.17, 15) is 33.2 Å². The Labute approximate surface area is 460 Å². The molecular weight excluding hydrogens is 1020 g/mol. The van der Waals surface area contributed by atoms with Crippen molar-refractivity contribution in [3.8, 4) is 0 Å². The number of benzene rings is 4. The Morgan fingerprint density at radius 2 is 1.58 bits per heavy atom. The second-order valence-corrected chi connectivity index (χ2v) is 22.4. The summed E-state index contributed by atoms with van der Waals surface area (Å²) in [6.45, 7) is 12.5. The fraction of sp³-hybridized carbons (Fsp3) is 0.500. The zero-order chi connectivity index (χ0) is 56.1. The van der Waals surface area contributed by atoms with E-state index in [1.807, 2.05) is 18.2 Å². The van der Waals surface area contributed by atoms with Gasteiger partial charge in [0.15, 0.2) is 5.78 Å². The van der Waals surface area contributed by atoms with Crippen LogP contribution in [0, 0.1) is 29.3 Å². The maximum atomic E-state index is 15.1. The van der Waals surface area contributed by atoms with Gasteiger partial charge in [0, 0.05) is 95.1 Å². The highest BCUT2D eigenvalue weighted by molar-refractivity contribution is 6.04. The van der Waals surface area contributed by atoms with E-state index in [0.717, 1.165) is 36.3 Å². The summed E-state index contributed by atoms with van der Waals surface area (Å²) in [6, 6.07) is 18.7. The summed E-state index contributed by atoms with van der Waals surface area (Å²) >= 11 is 0. The molecule has 0 saturated carbocycles. The van der Waals surface area contributed by atoms with Gasteiger partial charge in [0.2, 0.25) is 17.7 Å². The second-order valence-electron chi connectivity index (χ2n) is 22.4. The molecule has 0 radical (unpaired) electrons. The molecule has 19 heteroatoms. The number of likely N-dealkylation sites (N-methyl/N-ethyl adjacent to an activating group) is 1. The number of halogens is 3. The highest BCUT2D eigenvalue weighted by Gasteiger charge is 2.48. The van der Waals surface area contributed by atoms with Crippen molar-refractivity contribution >= 4 is 46.6 Å². The van der Waals surface area contributed by atoms with Crippen LogP contribution in [0.5, 0.6) is 0 Å². The zero-order valence-corrected chi connectivity index (χ0v) is 45.8. The van der Waals surface area contributed by atoms with Crippen LogP contribution in [0.3, 0.4) is 0 Å². The Kier molecular flexibility index (Phi) is 18.1. The third-order valence-electron chi connectivity index (χ3n) is 16.8. The summed E-state index contributed by atoms with van der Waals surface area (Å²) in [4.78, 5) is 93.8. The number of amides is 4. The monoisotopic (exact) mass is 1090 g/mol. The van der Waals surface area contributed by atoms with Gasteiger partial charge in [0.25, 0.3) is 5.91 Å². The maximum Gasteiger partial charge on any atom is 0.252 e. The molecular formula is C60H73F3N8O8. The van der Waals surface area contributed by atoms with Crippen molar-refractivity contribution in [2.75, 3.05) is 89.5 Å². The SMILES string of the molecule is CN[C@@H](C)C(=O)C[C@H](C(=O)N1Cc2ccc(CC(=O)CNC(=O)[C@@]3(C)CN(C(=O)CN4C[C@@H](C)NC[C@@H]4CN4CCOC[C@H]4C)c4cc(Cc5ccc(F)cc5)ccc43)cc2[C@H]1C(=O)Nc1c(F)cccc1F)C1CCOCC1. The second kappa shape index (κ2) is 25.0. The van der Waals surface area contributed by atoms with E-state index in [2.05, 4.69) is 44.9 Å². The molecule has 16 nitrogen and oxygen atoms in total. The Morgan fingerprint density at radius 3 is 2.30 bits per heavy atom. The molecule has 3 saturated heterocycles. The summed E-state index contributed by atoms with van der Waals surface area (Å²) < 4.78 is 55.3. The Hall–Kier alpha value is -6.35. The average Bonchev–Trinajstić information content (AvgIpc) is 4.20. The average molecular weight is 1090 g/mol. The molecule has 5 heterocycles. The van der Waals surface area contributed by atoms with Gasteiger partial charge in [0.1, 0.15) is 35.0 Å². The van der Waals surface area contributed by atoms with Crippen molar-refractivity contribution in [2.45, 2.75) is 102 Å². The van der Waals surface area contributed by atoms with Gasteiger partial charge < -0.3 is 40.5 Å². The van der Waals surface area contributed by atoms with Gasteiger partial charge in [-0.1, -0.05) is 48.5 Å². The maximum absolute atomic E-state index is 15.1. The van der Waals surface area contributed by atoms with E-state index in [-0.39, 0.29) is 86.4 Å². The molecule has 0 spiro atoms. The number of morpholine rings is 1. The summed E-state index contributed by atoms with van der Waals surface area (Å²) in [5, 5.41) is 11.8. The molecule has 79 heavy (non-hydrogen) atoms. The molecule has 3 fully saturated rings. The first-order valence-corrected chi connectivity index (χ1v) is 27.6. The first kappa shape index (κ1) is 57.3. The van der Waals surface area contributed by atoms with Gasteiger partial charge in [-0.05, 0) is 124 Å². The molecule has 0 unspecified atom stereocenters. The van der Waals surface area contributed by atoms with E-state index in [4.69, 9.17) is 9.47 Å². The number of piperazine rings is 1. The van der Waals surface area contributed by atoms with Gasteiger partial charge in [-0.2, -0.15) is 0 Å². The van der Waals surface area contributed by atoms with E-state index in [1.165, 1.54) is 23.1 Å². The first-order chi connectivity index (χ1) is 37.9. The number of ketones is 2. The molecule has 7 atom stereocenters. The summed E-state index contributed by atoms with van der Waals surface area (Å²) in [5.41, 5.74) is 2.41. The number of ether oxygens (including phenoxy) is 2. The van der Waals surface area contributed by atoms with Crippen LogP contribution in [-0.4, -0.2) is 153 Å². The van der Waals surface area contributed by atoms with Crippen molar-refractivity contribution in [3.63, 3.8) is 0 Å². The van der Waals surface area contributed by atoms with Crippen LogP contribution in [0.1, 0.15) is 86.4 Å². The Bertz CT molecular complexity index is 2900. The number of fused-ring (bicyclic) bond motifs is 2. The van der Waals surface area contributed by atoms with Crippen LogP contribution in [0.4, 0.5) is 24.5 Å². The molecule has 5 aliphatic heterocycles. The molecule has 0 aliphatic carbocycles. The number of Topliss-reactive ketones (excluding diaryl/α,β-unsaturated/α-hetero) is 2. The van der Waals surface area contributed by atoms with Crippen LogP contribution in [0.25, 0.3) is 0 Å². The van der Waals surface area contributed by atoms with Crippen LogP contribution >= 0.6 is 0 Å². The smallest absolute Gasteiger partial charge is 0.252 e. The van der Waals surface area contributed by atoms with Gasteiger partial charge in [-0.3, -0.25) is 38.6 Å². The highest BCUT2D eigenvalue weighted by atomic mass is 19.1. The van der Waals surface area contributed by atoms with Gasteiger partial charge in [0.05, 0.1) is 37.8 Å². The number of anilines is 2. The van der Waals surface area contributed by atoms with E-state index in [1.54, 1.807) is 56.1 Å². The minimum atomic E-state index is -1.38. The van der Waals surface area contributed by atoms with E-state index < -0.39 is 58.5 Å². The van der Waals surface area contributed by atoms with Crippen molar-refractivity contribution < 1.29 is 51.4 Å². The number of nitrogens with one attached hydrogen (secondary N) is 4. The fourth-order valence-corrected chi connectivity index (χ4v) is 12.0. The number of para-hydroxylation sites is 1. The lowest BCUT2D eigenvalue weighted by Gasteiger charge is -2.43. The van der Waals surface area contributed by atoms with Crippen LogP contribution in [0.2, 0.25) is 0 Å². The Morgan fingerprint density at radius 1 is 0.861 bits per heavy atom. The third kappa shape index (κ3) is 13.0. The lowest BCUT2D eigenvalue weighted by Crippen LogP contribution is -2.62. The number of carbonyl (C=O) groups is 6. The van der Waals surface area contributed by atoms with Crippen molar-refractivity contribution in [3.05, 3.63) is 130 Å². The number of hydrogen-bond donors (Lipinski definition) is 4. The molecule has 4 aromatic rings. The van der Waals surface area contributed by atoms with E-state index in [0.29, 0.717) is 86.7 Å². The molecule has 422 valence electrons. The topological polar surface area (TPSA) is 182 Å². The number of rotatable bonds is 19. The molecule has 5 aliphatic rings.